The van der Waals surface area contributed by atoms with Gasteiger partial charge in [-0.3, -0.25) is 4.79 Å². The Bertz CT molecular complexity index is 467. The normalized spacial score (nSPS) is 19.4. The van der Waals surface area contributed by atoms with Crippen molar-refractivity contribution in [3.63, 3.8) is 0 Å². The number of ether oxygens (including phenoxy) is 1. The highest BCUT2D eigenvalue weighted by Gasteiger charge is 2.34. The van der Waals surface area contributed by atoms with E-state index in [-0.39, 0.29) is 0 Å². The summed E-state index contributed by atoms with van der Waals surface area (Å²) >= 11 is 1.44. The van der Waals surface area contributed by atoms with Crippen LogP contribution in [-0.4, -0.2) is 60.1 Å². The number of rotatable bonds is 5. The number of carbonyl (C=O) groups is 1. The maximum atomic E-state index is 12.0. The number of hydrogen-bond acceptors (Lipinski definition) is 6. The number of hydrogen-bond donors (Lipinski definition) is 0. The van der Waals surface area contributed by atoms with Crippen molar-refractivity contribution in [3.8, 4) is 0 Å². The van der Waals surface area contributed by atoms with Gasteiger partial charge in [-0.2, -0.15) is 4.37 Å². The first-order valence-corrected chi connectivity index (χ1v) is 7.90. The zero-order valence-corrected chi connectivity index (χ0v) is 12.6. The van der Waals surface area contributed by atoms with Crippen LogP contribution in [0, 0.1) is 5.92 Å². The molecule has 2 aliphatic rings. The summed E-state index contributed by atoms with van der Waals surface area (Å²) in [5, 5.41) is 0.967. The molecule has 1 aromatic heterocycles. The van der Waals surface area contributed by atoms with Crippen LogP contribution in [0.5, 0.6) is 0 Å². The van der Waals surface area contributed by atoms with Gasteiger partial charge in [0.05, 0.1) is 6.61 Å². The molecule has 0 radical (unpaired) electrons. The number of piperazine rings is 1. The SMILES string of the molecule is COCCc1nsc(N2CCN(C(=O)C3CC3)CC2)n1. The summed E-state index contributed by atoms with van der Waals surface area (Å²) in [7, 11) is 1.68. The third-order valence-electron chi connectivity index (χ3n) is 3.78. The molecular weight excluding hydrogens is 276 g/mol. The molecule has 0 N–H and O–H groups in total. The van der Waals surface area contributed by atoms with E-state index in [2.05, 4.69) is 14.3 Å². The molecule has 0 unspecified atom stereocenters. The van der Waals surface area contributed by atoms with E-state index in [1.165, 1.54) is 11.5 Å². The molecule has 1 saturated heterocycles. The summed E-state index contributed by atoms with van der Waals surface area (Å²) in [5.41, 5.74) is 0. The van der Waals surface area contributed by atoms with Crippen molar-refractivity contribution in [3.05, 3.63) is 5.82 Å². The Balaban J connectivity index is 1.52. The topological polar surface area (TPSA) is 58.6 Å². The molecule has 1 aromatic rings. The van der Waals surface area contributed by atoms with Crippen molar-refractivity contribution in [2.45, 2.75) is 19.3 Å². The summed E-state index contributed by atoms with van der Waals surface area (Å²) in [6.45, 7) is 3.99. The van der Waals surface area contributed by atoms with Crippen molar-refractivity contribution in [2.24, 2.45) is 5.92 Å². The van der Waals surface area contributed by atoms with Crippen LogP contribution in [0.4, 0.5) is 5.13 Å². The van der Waals surface area contributed by atoms with Gasteiger partial charge in [-0.05, 0) is 12.8 Å². The molecule has 1 aliphatic heterocycles. The number of nitrogens with zero attached hydrogens (tertiary/aromatic N) is 4. The third-order valence-corrected chi connectivity index (χ3v) is 4.59. The molecule has 0 spiro atoms. The van der Waals surface area contributed by atoms with Crippen molar-refractivity contribution in [1.82, 2.24) is 14.3 Å². The summed E-state index contributed by atoms with van der Waals surface area (Å²) < 4.78 is 9.39. The molecule has 20 heavy (non-hydrogen) atoms. The van der Waals surface area contributed by atoms with Gasteiger partial charge in [0.2, 0.25) is 11.0 Å². The highest BCUT2D eigenvalue weighted by molar-refractivity contribution is 7.09. The van der Waals surface area contributed by atoms with Gasteiger partial charge in [-0.25, -0.2) is 4.98 Å². The predicted octanol–water partition coefficient (Wildman–Crippen LogP) is 0.786. The van der Waals surface area contributed by atoms with E-state index < -0.39 is 0 Å². The third kappa shape index (κ3) is 3.09. The Morgan fingerprint density at radius 2 is 2.10 bits per heavy atom. The molecule has 0 bridgehead atoms. The van der Waals surface area contributed by atoms with E-state index in [0.717, 1.165) is 56.4 Å². The second-order valence-electron chi connectivity index (χ2n) is 5.32. The average Bonchev–Trinajstić information content (AvgIpc) is 3.23. The van der Waals surface area contributed by atoms with Crippen LogP contribution in [0.3, 0.4) is 0 Å². The summed E-state index contributed by atoms with van der Waals surface area (Å²) in [4.78, 5) is 20.8. The lowest BCUT2D eigenvalue weighted by Gasteiger charge is -2.34. The Morgan fingerprint density at radius 1 is 1.35 bits per heavy atom. The van der Waals surface area contributed by atoms with Crippen LogP contribution < -0.4 is 4.90 Å². The quantitative estimate of drug-likeness (QED) is 0.804. The highest BCUT2D eigenvalue weighted by atomic mass is 32.1. The van der Waals surface area contributed by atoms with Crippen LogP contribution in [0.25, 0.3) is 0 Å². The fourth-order valence-electron chi connectivity index (χ4n) is 2.37. The number of methoxy groups -OCH3 is 1. The van der Waals surface area contributed by atoms with E-state index in [0.29, 0.717) is 18.4 Å². The Labute approximate surface area is 122 Å². The van der Waals surface area contributed by atoms with Crippen LogP contribution in [-0.2, 0) is 16.0 Å². The molecule has 7 heteroatoms. The number of aromatic nitrogens is 2. The van der Waals surface area contributed by atoms with Gasteiger partial charge >= 0.3 is 0 Å². The van der Waals surface area contributed by atoms with E-state index in [1.54, 1.807) is 7.11 Å². The van der Waals surface area contributed by atoms with Crippen molar-refractivity contribution < 1.29 is 9.53 Å². The van der Waals surface area contributed by atoms with Gasteiger partial charge < -0.3 is 14.5 Å². The smallest absolute Gasteiger partial charge is 0.225 e. The first kappa shape index (κ1) is 13.8. The van der Waals surface area contributed by atoms with Gasteiger partial charge in [-0.15, -0.1) is 0 Å². The fourth-order valence-corrected chi connectivity index (χ4v) is 3.14. The zero-order chi connectivity index (χ0) is 13.9. The van der Waals surface area contributed by atoms with E-state index in [4.69, 9.17) is 4.74 Å². The number of carbonyl (C=O) groups excluding carboxylic acids is 1. The van der Waals surface area contributed by atoms with E-state index in [9.17, 15) is 4.79 Å². The molecule has 3 rings (SSSR count). The minimum atomic E-state index is 0.323. The molecule has 6 nitrogen and oxygen atoms in total. The maximum Gasteiger partial charge on any atom is 0.225 e. The highest BCUT2D eigenvalue weighted by Crippen LogP contribution is 2.31. The maximum absolute atomic E-state index is 12.0. The van der Waals surface area contributed by atoms with E-state index >= 15 is 0 Å². The second-order valence-corrected chi connectivity index (χ2v) is 6.05. The average molecular weight is 296 g/mol. The first-order chi connectivity index (χ1) is 9.78. The van der Waals surface area contributed by atoms with Crippen LogP contribution >= 0.6 is 11.5 Å². The van der Waals surface area contributed by atoms with Crippen LogP contribution in [0.2, 0.25) is 0 Å². The lowest BCUT2D eigenvalue weighted by molar-refractivity contribution is -0.132. The Hall–Kier alpha value is -1.21. The molecule has 1 aliphatic carbocycles. The summed E-state index contributed by atoms with van der Waals surface area (Å²) in [6, 6.07) is 0. The molecular formula is C13H20N4O2S. The van der Waals surface area contributed by atoms with Crippen LogP contribution in [0.15, 0.2) is 0 Å². The molecule has 2 fully saturated rings. The van der Waals surface area contributed by atoms with Crippen molar-refractivity contribution in [2.75, 3.05) is 44.8 Å². The molecule has 1 amide bonds. The monoisotopic (exact) mass is 296 g/mol. The molecule has 0 atom stereocenters. The van der Waals surface area contributed by atoms with Gasteiger partial charge in [0.25, 0.3) is 0 Å². The lowest BCUT2D eigenvalue weighted by atomic mass is 10.3. The lowest BCUT2D eigenvalue weighted by Crippen LogP contribution is -2.49. The van der Waals surface area contributed by atoms with Gasteiger partial charge in [0.1, 0.15) is 5.82 Å². The molecule has 0 aromatic carbocycles. The van der Waals surface area contributed by atoms with Gasteiger partial charge in [-0.1, -0.05) is 0 Å². The standard InChI is InChI=1S/C13H20N4O2S/c1-19-9-4-11-14-13(20-15-11)17-7-5-16(6-8-17)12(18)10-2-3-10/h10H,2-9H2,1H3. The number of anilines is 1. The predicted molar refractivity (Wildman–Crippen MR) is 77.0 cm³/mol. The molecule has 2 heterocycles. The number of amides is 1. The van der Waals surface area contributed by atoms with Gasteiger partial charge in [0, 0.05) is 57.2 Å². The molecule has 110 valence electrons. The summed E-state index contributed by atoms with van der Waals surface area (Å²) in [6.07, 6.45) is 2.92. The largest absolute Gasteiger partial charge is 0.384 e. The first-order valence-electron chi connectivity index (χ1n) is 7.13. The minimum Gasteiger partial charge on any atom is -0.384 e. The van der Waals surface area contributed by atoms with Gasteiger partial charge in [0.15, 0.2) is 0 Å². The molecule has 1 saturated carbocycles. The Kier molecular flexibility index (Phi) is 4.16. The fraction of sp³-hybridized carbons (Fsp3) is 0.769. The van der Waals surface area contributed by atoms with Crippen molar-refractivity contribution >= 4 is 22.6 Å². The van der Waals surface area contributed by atoms with E-state index in [1.807, 2.05) is 4.90 Å². The Morgan fingerprint density at radius 3 is 2.75 bits per heavy atom. The second kappa shape index (κ2) is 6.05. The van der Waals surface area contributed by atoms with Crippen LogP contribution in [0.1, 0.15) is 18.7 Å². The zero-order valence-electron chi connectivity index (χ0n) is 11.7. The van der Waals surface area contributed by atoms with Crippen molar-refractivity contribution in [1.29, 1.82) is 0 Å². The summed E-state index contributed by atoms with van der Waals surface area (Å²) in [5.74, 6) is 1.52. The minimum absolute atomic E-state index is 0.323.